The van der Waals surface area contributed by atoms with Crippen molar-refractivity contribution in [3.63, 3.8) is 0 Å². The van der Waals surface area contributed by atoms with Crippen molar-refractivity contribution < 1.29 is 19.1 Å². The Balaban J connectivity index is 1.49. The van der Waals surface area contributed by atoms with E-state index in [0.29, 0.717) is 47.2 Å². The molecule has 0 saturated heterocycles. The second-order valence-electron chi connectivity index (χ2n) is 7.41. The van der Waals surface area contributed by atoms with Gasteiger partial charge in [-0.05, 0) is 61.4 Å². The number of carbonyl (C=O) groups excluding carboxylic acids is 2. The highest BCUT2D eigenvalue weighted by Crippen LogP contribution is 2.33. The number of rotatable bonds is 5. The summed E-state index contributed by atoms with van der Waals surface area (Å²) in [6.07, 6.45) is 0. The number of carbonyl (C=O) groups is 2. The quantitative estimate of drug-likeness (QED) is 0.629. The first-order chi connectivity index (χ1) is 15.0. The zero-order valence-electron chi connectivity index (χ0n) is 17.5. The molecule has 1 unspecified atom stereocenters. The fourth-order valence-electron chi connectivity index (χ4n) is 3.46. The van der Waals surface area contributed by atoms with Crippen molar-refractivity contribution in [1.29, 1.82) is 0 Å². The van der Waals surface area contributed by atoms with Gasteiger partial charge < -0.3 is 20.1 Å². The molecule has 6 heteroatoms. The molecule has 0 aliphatic carbocycles. The van der Waals surface area contributed by atoms with E-state index in [9.17, 15) is 9.59 Å². The Morgan fingerprint density at radius 3 is 2.39 bits per heavy atom. The Morgan fingerprint density at radius 1 is 0.871 bits per heavy atom. The lowest BCUT2D eigenvalue weighted by Crippen LogP contribution is -2.21. The first-order valence-corrected chi connectivity index (χ1v) is 10.2. The number of amides is 2. The van der Waals surface area contributed by atoms with E-state index >= 15 is 0 Å². The minimum Gasteiger partial charge on any atom is -0.486 e. The lowest BCUT2D eigenvalue weighted by Gasteiger charge is -2.21. The normalized spacial score (nSPS) is 13.2. The van der Waals surface area contributed by atoms with Crippen molar-refractivity contribution in [2.75, 3.05) is 23.8 Å². The molecule has 31 heavy (non-hydrogen) atoms. The smallest absolute Gasteiger partial charge is 0.256 e. The maximum atomic E-state index is 12.9. The minimum absolute atomic E-state index is 0.166. The van der Waals surface area contributed by atoms with Crippen LogP contribution < -0.4 is 20.1 Å². The van der Waals surface area contributed by atoms with Gasteiger partial charge in [0.15, 0.2) is 11.5 Å². The molecule has 3 aromatic carbocycles. The second kappa shape index (κ2) is 8.92. The molecule has 2 amide bonds. The van der Waals surface area contributed by atoms with Crippen LogP contribution in [0.25, 0.3) is 0 Å². The first kappa shape index (κ1) is 20.5. The molecule has 0 saturated carbocycles. The third kappa shape index (κ3) is 4.53. The van der Waals surface area contributed by atoms with E-state index in [1.165, 1.54) is 0 Å². The van der Waals surface area contributed by atoms with Gasteiger partial charge >= 0.3 is 0 Å². The van der Waals surface area contributed by atoms with Crippen LogP contribution in [-0.2, 0) is 4.79 Å². The van der Waals surface area contributed by atoms with Gasteiger partial charge in [-0.15, -0.1) is 0 Å². The molecule has 0 spiro atoms. The maximum absolute atomic E-state index is 12.9. The largest absolute Gasteiger partial charge is 0.486 e. The molecule has 1 atom stereocenters. The molecule has 0 radical (unpaired) electrons. The van der Waals surface area contributed by atoms with Crippen molar-refractivity contribution >= 4 is 23.2 Å². The summed E-state index contributed by atoms with van der Waals surface area (Å²) in [5.74, 6) is 0.548. The van der Waals surface area contributed by atoms with Gasteiger partial charge in [0.25, 0.3) is 5.91 Å². The Bertz CT molecular complexity index is 1110. The number of hydrogen-bond donors (Lipinski definition) is 2. The molecule has 0 fully saturated rings. The third-order valence-electron chi connectivity index (χ3n) is 5.33. The predicted octanol–water partition coefficient (Wildman–Crippen LogP) is 4.76. The molecule has 3 aromatic rings. The van der Waals surface area contributed by atoms with Crippen LogP contribution in [0.15, 0.2) is 66.7 Å². The lowest BCUT2D eigenvalue weighted by molar-refractivity contribution is -0.117. The third-order valence-corrected chi connectivity index (χ3v) is 5.33. The maximum Gasteiger partial charge on any atom is 0.256 e. The zero-order chi connectivity index (χ0) is 21.8. The fourth-order valence-corrected chi connectivity index (χ4v) is 3.46. The molecule has 1 aliphatic heterocycles. The van der Waals surface area contributed by atoms with E-state index in [4.69, 9.17) is 9.47 Å². The minimum atomic E-state index is -0.406. The summed E-state index contributed by atoms with van der Waals surface area (Å²) in [7, 11) is 0. The lowest BCUT2D eigenvalue weighted by atomic mass is 9.99. The molecule has 0 bridgehead atoms. The van der Waals surface area contributed by atoms with Gasteiger partial charge in [-0.3, -0.25) is 9.59 Å². The SMILES string of the molecule is Cc1c(NC(=O)C(C)c2ccc3c(c2)OCCO3)cccc1C(=O)Nc1ccccc1. The summed E-state index contributed by atoms with van der Waals surface area (Å²) in [6.45, 7) is 4.68. The van der Waals surface area contributed by atoms with Crippen LogP contribution >= 0.6 is 0 Å². The van der Waals surface area contributed by atoms with Crippen LogP contribution in [0.1, 0.15) is 34.3 Å². The molecule has 158 valence electrons. The van der Waals surface area contributed by atoms with Crippen LogP contribution in [0.5, 0.6) is 11.5 Å². The van der Waals surface area contributed by atoms with E-state index in [0.717, 1.165) is 5.56 Å². The van der Waals surface area contributed by atoms with Gasteiger partial charge in [-0.2, -0.15) is 0 Å². The molecule has 4 rings (SSSR count). The second-order valence-corrected chi connectivity index (χ2v) is 7.41. The van der Waals surface area contributed by atoms with Crippen molar-refractivity contribution in [2.45, 2.75) is 19.8 Å². The van der Waals surface area contributed by atoms with Crippen LogP contribution in [0, 0.1) is 6.92 Å². The van der Waals surface area contributed by atoms with E-state index < -0.39 is 5.92 Å². The molecular weight excluding hydrogens is 392 g/mol. The molecule has 2 N–H and O–H groups in total. The summed E-state index contributed by atoms with van der Waals surface area (Å²) in [4.78, 5) is 25.6. The summed E-state index contributed by atoms with van der Waals surface area (Å²) >= 11 is 0. The van der Waals surface area contributed by atoms with Gasteiger partial charge in [-0.1, -0.05) is 30.3 Å². The summed E-state index contributed by atoms with van der Waals surface area (Å²) in [5.41, 5.74) is 3.37. The van der Waals surface area contributed by atoms with E-state index in [1.807, 2.05) is 62.4 Å². The van der Waals surface area contributed by atoms with E-state index in [1.54, 1.807) is 18.2 Å². The van der Waals surface area contributed by atoms with Crippen LogP contribution in [-0.4, -0.2) is 25.0 Å². The van der Waals surface area contributed by atoms with Gasteiger partial charge in [0, 0.05) is 16.9 Å². The summed E-state index contributed by atoms with van der Waals surface area (Å²) in [5, 5.41) is 5.84. The highest BCUT2D eigenvalue weighted by atomic mass is 16.6. The summed E-state index contributed by atoms with van der Waals surface area (Å²) in [6, 6.07) is 20.1. The average molecular weight is 416 g/mol. The highest BCUT2D eigenvalue weighted by Gasteiger charge is 2.21. The zero-order valence-corrected chi connectivity index (χ0v) is 17.5. The highest BCUT2D eigenvalue weighted by molar-refractivity contribution is 6.07. The molecule has 6 nitrogen and oxygen atoms in total. The average Bonchev–Trinajstić information content (AvgIpc) is 2.80. The fraction of sp³-hybridized carbons (Fsp3) is 0.200. The van der Waals surface area contributed by atoms with E-state index in [2.05, 4.69) is 10.6 Å². The van der Waals surface area contributed by atoms with Gasteiger partial charge in [0.05, 0.1) is 5.92 Å². The van der Waals surface area contributed by atoms with Gasteiger partial charge in [-0.25, -0.2) is 0 Å². The van der Waals surface area contributed by atoms with Crippen molar-refractivity contribution in [1.82, 2.24) is 0 Å². The number of para-hydroxylation sites is 1. The van der Waals surface area contributed by atoms with Crippen LogP contribution in [0.2, 0.25) is 0 Å². The van der Waals surface area contributed by atoms with Crippen molar-refractivity contribution in [2.24, 2.45) is 0 Å². The van der Waals surface area contributed by atoms with Crippen LogP contribution in [0.3, 0.4) is 0 Å². The first-order valence-electron chi connectivity index (χ1n) is 10.2. The summed E-state index contributed by atoms with van der Waals surface area (Å²) < 4.78 is 11.2. The number of ether oxygens (including phenoxy) is 2. The predicted molar refractivity (Wildman–Crippen MR) is 120 cm³/mol. The van der Waals surface area contributed by atoms with Crippen LogP contribution in [0.4, 0.5) is 11.4 Å². The number of anilines is 2. The molecular formula is C25H24N2O4. The van der Waals surface area contributed by atoms with Crippen molar-refractivity contribution in [3.8, 4) is 11.5 Å². The molecule has 1 aliphatic rings. The monoisotopic (exact) mass is 416 g/mol. The number of benzene rings is 3. The Morgan fingerprint density at radius 2 is 1.61 bits per heavy atom. The number of nitrogens with one attached hydrogen (secondary N) is 2. The van der Waals surface area contributed by atoms with E-state index in [-0.39, 0.29) is 11.8 Å². The topological polar surface area (TPSA) is 76.7 Å². The molecule has 1 heterocycles. The number of hydrogen-bond acceptors (Lipinski definition) is 4. The molecule has 0 aromatic heterocycles. The Hall–Kier alpha value is -3.80. The van der Waals surface area contributed by atoms with Crippen molar-refractivity contribution in [3.05, 3.63) is 83.4 Å². The standard InChI is InChI=1S/C25H24N2O4/c1-16(18-11-12-22-23(15-18)31-14-13-30-22)24(28)27-21-10-6-9-20(17(21)2)25(29)26-19-7-4-3-5-8-19/h3-12,15-16H,13-14H2,1-2H3,(H,26,29)(H,27,28). The Kier molecular flexibility index (Phi) is 5.89. The van der Waals surface area contributed by atoms with Gasteiger partial charge in [0.2, 0.25) is 5.91 Å². The Labute approximate surface area is 181 Å². The van der Waals surface area contributed by atoms with Gasteiger partial charge in [0.1, 0.15) is 13.2 Å². The number of fused-ring (bicyclic) bond motifs is 1.